The summed E-state index contributed by atoms with van der Waals surface area (Å²) >= 11 is 0. The second kappa shape index (κ2) is 10.4. The largest absolute Gasteiger partial charge is 0.370 e. The lowest BCUT2D eigenvalue weighted by molar-refractivity contribution is -0.00809. The smallest absolute Gasteiger partial charge is 0.193 e. The van der Waals surface area contributed by atoms with Gasteiger partial charge in [-0.05, 0) is 18.8 Å². The molecule has 25 heavy (non-hydrogen) atoms. The first-order chi connectivity index (χ1) is 12.2. The molecule has 0 amide bonds. The molecule has 1 aromatic heterocycles. The van der Waals surface area contributed by atoms with E-state index in [4.69, 9.17) is 4.74 Å². The maximum absolute atomic E-state index is 5.94. The van der Waals surface area contributed by atoms with Gasteiger partial charge in [0.15, 0.2) is 5.96 Å². The first kappa shape index (κ1) is 19.8. The molecule has 0 aromatic carbocycles. The monoisotopic (exact) mass is 349 g/mol. The van der Waals surface area contributed by atoms with E-state index < -0.39 is 0 Å². The second-order valence-electron chi connectivity index (χ2n) is 6.98. The number of rotatable bonds is 8. The van der Waals surface area contributed by atoms with Crippen molar-refractivity contribution in [1.82, 2.24) is 20.0 Å². The minimum atomic E-state index is 0.0625. The maximum Gasteiger partial charge on any atom is 0.193 e. The summed E-state index contributed by atoms with van der Waals surface area (Å²) in [5, 5.41) is 7.87. The number of unbranched alkanes of at least 4 members (excludes halogenated alkanes) is 1. The molecule has 1 saturated heterocycles. The molecule has 0 spiro atoms. The number of guanidine groups is 1. The fraction of sp³-hybridized carbons (Fsp3) is 0.789. The number of ether oxygens (including phenoxy) is 1. The lowest BCUT2D eigenvalue weighted by atomic mass is 9.97. The molecule has 2 rings (SSSR count). The van der Waals surface area contributed by atoms with Crippen LogP contribution in [0.1, 0.15) is 57.6 Å². The van der Waals surface area contributed by atoms with Crippen LogP contribution < -0.4 is 5.32 Å². The lowest BCUT2D eigenvalue weighted by Crippen LogP contribution is -2.49. The highest BCUT2D eigenvalue weighted by atomic mass is 16.5. The van der Waals surface area contributed by atoms with E-state index in [1.165, 1.54) is 32.1 Å². The number of hydrogen-bond acceptors (Lipinski definition) is 3. The molecule has 6 nitrogen and oxygen atoms in total. The first-order valence-electron chi connectivity index (χ1n) is 9.73. The Labute approximate surface area is 152 Å². The van der Waals surface area contributed by atoms with Crippen molar-refractivity contribution in [2.45, 2.75) is 52.1 Å². The molecule has 1 N–H and O–H groups in total. The van der Waals surface area contributed by atoms with Gasteiger partial charge in [-0.25, -0.2) is 0 Å². The Kier molecular flexibility index (Phi) is 8.25. The van der Waals surface area contributed by atoms with E-state index in [0.717, 1.165) is 37.1 Å². The van der Waals surface area contributed by atoms with Gasteiger partial charge in [0.1, 0.15) is 6.10 Å². The number of aromatic nitrogens is 2. The van der Waals surface area contributed by atoms with E-state index in [-0.39, 0.29) is 6.10 Å². The van der Waals surface area contributed by atoms with Crippen molar-refractivity contribution < 1.29 is 4.74 Å². The molecule has 142 valence electrons. The topological polar surface area (TPSA) is 54.7 Å². The molecule has 0 saturated carbocycles. The highest BCUT2D eigenvalue weighted by molar-refractivity contribution is 5.80. The number of nitrogens with zero attached hydrogens (tertiary/aromatic N) is 4. The highest BCUT2D eigenvalue weighted by Crippen LogP contribution is 2.22. The van der Waals surface area contributed by atoms with Gasteiger partial charge in [-0.3, -0.25) is 9.67 Å². The van der Waals surface area contributed by atoms with Gasteiger partial charge in [-0.2, -0.15) is 5.10 Å². The van der Waals surface area contributed by atoms with Crippen molar-refractivity contribution >= 4 is 5.96 Å². The molecule has 0 bridgehead atoms. The fourth-order valence-electron chi connectivity index (χ4n) is 3.47. The zero-order valence-electron chi connectivity index (χ0n) is 16.4. The second-order valence-corrected chi connectivity index (χ2v) is 6.98. The lowest BCUT2D eigenvalue weighted by Gasteiger charge is -2.35. The minimum Gasteiger partial charge on any atom is -0.370 e. The van der Waals surface area contributed by atoms with Gasteiger partial charge in [0.2, 0.25) is 0 Å². The van der Waals surface area contributed by atoms with Crippen molar-refractivity contribution in [2.75, 3.05) is 33.3 Å². The van der Waals surface area contributed by atoms with Crippen LogP contribution in [-0.2, 0) is 11.8 Å². The van der Waals surface area contributed by atoms with Gasteiger partial charge in [-0.1, -0.05) is 33.1 Å². The van der Waals surface area contributed by atoms with Crippen LogP contribution in [0.15, 0.2) is 17.4 Å². The summed E-state index contributed by atoms with van der Waals surface area (Å²) in [6, 6.07) is 0. The number of nitrogens with one attached hydrogen (secondary N) is 1. The van der Waals surface area contributed by atoms with Crippen LogP contribution in [0.3, 0.4) is 0 Å². The van der Waals surface area contributed by atoms with Gasteiger partial charge in [-0.15, -0.1) is 0 Å². The normalized spacial score (nSPS) is 19.9. The van der Waals surface area contributed by atoms with Crippen molar-refractivity contribution in [3.8, 4) is 0 Å². The van der Waals surface area contributed by atoms with E-state index in [9.17, 15) is 0 Å². The van der Waals surface area contributed by atoms with E-state index >= 15 is 0 Å². The Bertz CT molecular complexity index is 528. The summed E-state index contributed by atoms with van der Waals surface area (Å²) < 4.78 is 7.77. The van der Waals surface area contributed by atoms with E-state index in [2.05, 4.69) is 34.2 Å². The fourth-order valence-corrected chi connectivity index (χ4v) is 3.47. The number of hydrogen-bond donors (Lipinski definition) is 1. The Morgan fingerprint density at radius 2 is 2.24 bits per heavy atom. The van der Waals surface area contributed by atoms with Gasteiger partial charge in [0.25, 0.3) is 0 Å². The molecule has 1 aromatic rings. The van der Waals surface area contributed by atoms with Crippen LogP contribution in [0.2, 0.25) is 0 Å². The molecule has 2 unspecified atom stereocenters. The standard InChI is InChI=1S/C19H35N5O/c1-5-7-9-16(8-6-2)12-21-19(20-3)24-10-11-25-18(15-24)17-13-22-23(4)14-17/h13-14,16,18H,5-12,15H2,1-4H3,(H,20,21). The summed E-state index contributed by atoms with van der Waals surface area (Å²) in [5.41, 5.74) is 1.13. The molecule has 1 fully saturated rings. The first-order valence-corrected chi connectivity index (χ1v) is 9.73. The van der Waals surface area contributed by atoms with Crippen LogP contribution in [0.5, 0.6) is 0 Å². The molecule has 2 atom stereocenters. The van der Waals surface area contributed by atoms with Gasteiger partial charge in [0, 0.05) is 38.9 Å². The summed E-state index contributed by atoms with van der Waals surface area (Å²) in [7, 11) is 3.81. The molecule has 2 heterocycles. The molecule has 0 radical (unpaired) electrons. The Morgan fingerprint density at radius 3 is 2.88 bits per heavy atom. The van der Waals surface area contributed by atoms with Crippen LogP contribution >= 0.6 is 0 Å². The predicted octanol–water partition coefficient (Wildman–Crippen LogP) is 2.98. The third-order valence-electron chi connectivity index (χ3n) is 4.89. The van der Waals surface area contributed by atoms with Crippen LogP contribution in [0.4, 0.5) is 0 Å². The van der Waals surface area contributed by atoms with Crippen LogP contribution in [0.25, 0.3) is 0 Å². The zero-order valence-corrected chi connectivity index (χ0v) is 16.4. The SMILES string of the molecule is CCCCC(CCC)CNC(=NC)N1CCOC(c2cnn(C)c2)C1. The van der Waals surface area contributed by atoms with Crippen molar-refractivity contribution in [1.29, 1.82) is 0 Å². The van der Waals surface area contributed by atoms with E-state index in [1.54, 1.807) is 0 Å². The predicted molar refractivity (Wildman–Crippen MR) is 103 cm³/mol. The van der Waals surface area contributed by atoms with Crippen LogP contribution in [0, 0.1) is 5.92 Å². The molecular formula is C19H35N5O. The van der Waals surface area contributed by atoms with Gasteiger partial charge < -0.3 is 15.0 Å². The Hall–Kier alpha value is -1.56. The third-order valence-corrected chi connectivity index (χ3v) is 4.89. The average molecular weight is 350 g/mol. The minimum absolute atomic E-state index is 0.0625. The maximum atomic E-state index is 5.94. The molecule has 0 aliphatic carbocycles. The van der Waals surface area contributed by atoms with Crippen molar-refractivity contribution in [3.05, 3.63) is 18.0 Å². The number of aliphatic imine (C=N–C) groups is 1. The average Bonchev–Trinajstić information content (AvgIpc) is 3.07. The summed E-state index contributed by atoms with van der Waals surface area (Å²) in [5.74, 6) is 1.73. The van der Waals surface area contributed by atoms with Crippen molar-refractivity contribution in [3.63, 3.8) is 0 Å². The molecule has 1 aliphatic rings. The number of aryl methyl sites for hydroxylation is 1. The summed E-state index contributed by atoms with van der Waals surface area (Å²) in [6.45, 7) is 7.96. The molecule has 6 heteroatoms. The van der Waals surface area contributed by atoms with Crippen molar-refractivity contribution in [2.24, 2.45) is 18.0 Å². The molecular weight excluding hydrogens is 314 g/mol. The Morgan fingerprint density at radius 1 is 1.40 bits per heavy atom. The number of morpholine rings is 1. The van der Waals surface area contributed by atoms with Gasteiger partial charge >= 0.3 is 0 Å². The van der Waals surface area contributed by atoms with E-state index in [0.29, 0.717) is 6.61 Å². The zero-order chi connectivity index (χ0) is 18.1. The highest BCUT2D eigenvalue weighted by Gasteiger charge is 2.25. The van der Waals surface area contributed by atoms with E-state index in [1.807, 2.05) is 31.2 Å². The quantitative estimate of drug-likeness (QED) is 0.579. The summed E-state index contributed by atoms with van der Waals surface area (Å²) in [6.07, 6.45) is 10.4. The van der Waals surface area contributed by atoms with Gasteiger partial charge in [0.05, 0.1) is 19.3 Å². The third kappa shape index (κ3) is 6.03. The van der Waals surface area contributed by atoms with Crippen LogP contribution in [-0.4, -0.2) is 53.9 Å². The Balaban J connectivity index is 1.90. The molecule has 1 aliphatic heterocycles. The summed E-state index contributed by atoms with van der Waals surface area (Å²) in [4.78, 5) is 6.82.